The van der Waals surface area contributed by atoms with Crippen LogP contribution in [0, 0.1) is 5.92 Å². The summed E-state index contributed by atoms with van der Waals surface area (Å²) in [4.78, 5) is 22.3. The van der Waals surface area contributed by atoms with Crippen LogP contribution < -0.4 is 5.32 Å². The predicted octanol–water partition coefficient (Wildman–Crippen LogP) is 3.02. The SMILES string of the molecule is CCN1CC=C(c2c[nH]c3ccc(NC(=O)C4CC4)nc23)CC1. The van der Waals surface area contributed by atoms with E-state index in [-0.39, 0.29) is 11.8 Å². The average Bonchev–Trinajstić information content (AvgIpc) is 3.35. The van der Waals surface area contributed by atoms with E-state index >= 15 is 0 Å². The topological polar surface area (TPSA) is 61.0 Å². The summed E-state index contributed by atoms with van der Waals surface area (Å²) in [6.07, 6.45) is 7.39. The lowest BCUT2D eigenvalue weighted by atomic mass is 10.0. The molecule has 0 unspecified atom stereocenters. The number of fused-ring (bicyclic) bond motifs is 1. The van der Waals surface area contributed by atoms with E-state index in [0.29, 0.717) is 5.82 Å². The maximum Gasteiger partial charge on any atom is 0.228 e. The van der Waals surface area contributed by atoms with Crippen molar-refractivity contribution in [3.63, 3.8) is 0 Å². The fourth-order valence-corrected chi connectivity index (χ4v) is 3.13. The molecule has 23 heavy (non-hydrogen) atoms. The first-order valence-corrected chi connectivity index (χ1v) is 8.45. The van der Waals surface area contributed by atoms with E-state index in [1.165, 1.54) is 11.1 Å². The molecule has 120 valence electrons. The molecule has 2 aliphatic rings. The predicted molar refractivity (Wildman–Crippen MR) is 92.2 cm³/mol. The van der Waals surface area contributed by atoms with E-state index in [2.05, 4.69) is 33.2 Å². The van der Waals surface area contributed by atoms with Gasteiger partial charge < -0.3 is 10.3 Å². The van der Waals surface area contributed by atoms with Gasteiger partial charge >= 0.3 is 0 Å². The zero-order valence-corrected chi connectivity index (χ0v) is 13.4. The minimum atomic E-state index is 0.101. The molecule has 1 amide bonds. The molecule has 0 saturated heterocycles. The Labute approximate surface area is 135 Å². The van der Waals surface area contributed by atoms with Gasteiger partial charge in [0.15, 0.2) is 0 Å². The summed E-state index contributed by atoms with van der Waals surface area (Å²) in [5.41, 5.74) is 4.48. The Morgan fingerprint density at radius 2 is 2.30 bits per heavy atom. The number of amides is 1. The maximum absolute atomic E-state index is 11.9. The average molecular weight is 310 g/mol. The van der Waals surface area contributed by atoms with Gasteiger partial charge in [-0.25, -0.2) is 4.98 Å². The molecule has 3 heterocycles. The molecule has 1 saturated carbocycles. The van der Waals surface area contributed by atoms with Crippen LogP contribution in [0.1, 0.15) is 31.7 Å². The van der Waals surface area contributed by atoms with Crippen LogP contribution in [0.25, 0.3) is 16.6 Å². The summed E-state index contributed by atoms with van der Waals surface area (Å²) >= 11 is 0. The zero-order chi connectivity index (χ0) is 15.8. The normalized spacial score (nSPS) is 18.9. The molecule has 5 heteroatoms. The molecule has 2 aromatic rings. The Morgan fingerprint density at radius 1 is 1.43 bits per heavy atom. The van der Waals surface area contributed by atoms with Crippen LogP contribution in [0.15, 0.2) is 24.4 Å². The van der Waals surface area contributed by atoms with Crippen LogP contribution in [0.2, 0.25) is 0 Å². The molecule has 0 spiro atoms. The number of nitrogens with zero attached hydrogens (tertiary/aromatic N) is 2. The van der Waals surface area contributed by atoms with Gasteiger partial charge in [-0.05, 0) is 43.5 Å². The minimum Gasteiger partial charge on any atom is -0.359 e. The van der Waals surface area contributed by atoms with Crippen molar-refractivity contribution in [2.75, 3.05) is 25.0 Å². The first-order chi connectivity index (χ1) is 11.2. The number of aromatic nitrogens is 2. The first-order valence-electron chi connectivity index (χ1n) is 8.45. The molecule has 4 rings (SSSR count). The zero-order valence-electron chi connectivity index (χ0n) is 13.4. The summed E-state index contributed by atoms with van der Waals surface area (Å²) in [5.74, 6) is 0.950. The second kappa shape index (κ2) is 5.81. The Bertz CT molecular complexity index is 772. The molecular formula is C18H22N4O. The minimum absolute atomic E-state index is 0.101. The summed E-state index contributed by atoms with van der Waals surface area (Å²) in [6.45, 7) is 5.37. The molecule has 2 N–H and O–H groups in total. The fourth-order valence-electron chi connectivity index (χ4n) is 3.13. The fraction of sp³-hybridized carbons (Fsp3) is 0.444. The van der Waals surface area contributed by atoms with Crippen LogP contribution in [0.5, 0.6) is 0 Å². The third-order valence-electron chi connectivity index (χ3n) is 4.81. The molecule has 0 bridgehead atoms. The quantitative estimate of drug-likeness (QED) is 0.912. The van der Waals surface area contributed by atoms with Crippen molar-refractivity contribution in [3.8, 4) is 0 Å². The van der Waals surface area contributed by atoms with Crippen molar-refractivity contribution >= 4 is 28.3 Å². The molecule has 0 radical (unpaired) electrons. The van der Waals surface area contributed by atoms with Gasteiger partial charge in [0.25, 0.3) is 0 Å². The van der Waals surface area contributed by atoms with Crippen LogP contribution in [0.3, 0.4) is 0 Å². The van der Waals surface area contributed by atoms with Crippen LogP contribution in [-0.2, 0) is 4.79 Å². The number of nitrogens with one attached hydrogen (secondary N) is 2. The number of carbonyl (C=O) groups excluding carboxylic acids is 1. The van der Waals surface area contributed by atoms with Gasteiger partial charge in [0.2, 0.25) is 5.91 Å². The molecule has 1 aliphatic heterocycles. The van der Waals surface area contributed by atoms with Gasteiger partial charge in [0.1, 0.15) is 5.82 Å². The van der Waals surface area contributed by atoms with Crippen LogP contribution in [0.4, 0.5) is 5.82 Å². The van der Waals surface area contributed by atoms with Crippen molar-refractivity contribution in [1.82, 2.24) is 14.9 Å². The number of anilines is 1. The third-order valence-corrected chi connectivity index (χ3v) is 4.81. The lowest BCUT2D eigenvalue weighted by Gasteiger charge is -2.24. The Balaban J connectivity index is 1.62. The van der Waals surface area contributed by atoms with E-state index in [1.54, 1.807) is 0 Å². The molecule has 0 aromatic carbocycles. The Kier molecular flexibility index (Phi) is 3.65. The van der Waals surface area contributed by atoms with Gasteiger partial charge in [-0.2, -0.15) is 0 Å². The Hall–Kier alpha value is -2.14. The number of H-pyrrole nitrogens is 1. The first kappa shape index (κ1) is 14.5. The van der Waals surface area contributed by atoms with Gasteiger partial charge in [-0.1, -0.05) is 13.0 Å². The van der Waals surface area contributed by atoms with Crippen molar-refractivity contribution in [3.05, 3.63) is 30.0 Å². The van der Waals surface area contributed by atoms with Gasteiger partial charge in [-0.15, -0.1) is 0 Å². The highest BCUT2D eigenvalue weighted by Crippen LogP contribution is 2.31. The lowest BCUT2D eigenvalue weighted by Crippen LogP contribution is -2.27. The molecule has 2 aromatic heterocycles. The second-order valence-corrected chi connectivity index (χ2v) is 6.43. The van der Waals surface area contributed by atoms with Gasteiger partial charge in [-0.3, -0.25) is 9.69 Å². The summed E-state index contributed by atoms with van der Waals surface area (Å²) < 4.78 is 0. The van der Waals surface area contributed by atoms with E-state index in [0.717, 1.165) is 49.9 Å². The standard InChI is InChI=1S/C18H22N4O/c1-2-22-9-7-12(8-10-22)14-11-19-15-5-6-16(20-17(14)15)21-18(23)13-3-4-13/h5-7,11,13,19H,2-4,8-10H2,1H3,(H,20,21,23). The molecule has 0 atom stereocenters. The van der Waals surface area contributed by atoms with Gasteiger partial charge in [0.05, 0.1) is 11.0 Å². The molecule has 1 aliphatic carbocycles. The number of carbonyl (C=O) groups is 1. The number of likely N-dealkylation sites (N-methyl/N-ethyl adjacent to an activating group) is 1. The highest BCUT2D eigenvalue weighted by Gasteiger charge is 2.29. The number of pyridine rings is 1. The summed E-state index contributed by atoms with van der Waals surface area (Å²) in [6, 6.07) is 3.87. The number of rotatable bonds is 4. The smallest absolute Gasteiger partial charge is 0.228 e. The monoisotopic (exact) mass is 310 g/mol. The van der Waals surface area contributed by atoms with E-state index in [9.17, 15) is 4.79 Å². The molecule has 5 nitrogen and oxygen atoms in total. The number of hydrogen-bond donors (Lipinski definition) is 2. The van der Waals surface area contributed by atoms with E-state index in [4.69, 9.17) is 0 Å². The van der Waals surface area contributed by atoms with E-state index < -0.39 is 0 Å². The van der Waals surface area contributed by atoms with Crippen LogP contribution in [-0.4, -0.2) is 40.4 Å². The molecule has 1 fully saturated rings. The van der Waals surface area contributed by atoms with Crippen molar-refractivity contribution in [2.24, 2.45) is 5.92 Å². The van der Waals surface area contributed by atoms with Crippen molar-refractivity contribution in [2.45, 2.75) is 26.2 Å². The highest BCUT2D eigenvalue weighted by molar-refractivity contribution is 5.96. The third kappa shape index (κ3) is 2.88. The number of aromatic amines is 1. The largest absolute Gasteiger partial charge is 0.359 e. The molecular weight excluding hydrogens is 288 g/mol. The second-order valence-electron chi connectivity index (χ2n) is 6.43. The maximum atomic E-state index is 11.9. The van der Waals surface area contributed by atoms with Crippen LogP contribution >= 0.6 is 0 Å². The number of hydrogen-bond acceptors (Lipinski definition) is 3. The van der Waals surface area contributed by atoms with E-state index in [1.807, 2.05) is 18.3 Å². The lowest BCUT2D eigenvalue weighted by molar-refractivity contribution is -0.117. The highest BCUT2D eigenvalue weighted by atomic mass is 16.2. The van der Waals surface area contributed by atoms with Crippen molar-refractivity contribution < 1.29 is 4.79 Å². The Morgan fingerprint density at radius 3 is 3.00 bits per heavy atom. The van der Waals surface area contributed by atoms with Crippen molar-refractivity contribution in [1.29, 1.82) is 0 Å². The summed E-state index contributed by atoms with van der Waals surface area (Å²) in [5, 5.41) is 2.94. The summed E-state index contributed by atoms with van der Waals surface area (Å²) in [7, 11) is 0. The van der Waals surface area contributed by atoms with Gasteiger partial charge in [0, 0.05) is 30.8 Å².